The van der Waals surface area contributed by atoms with Gasteiger partial charge in [0, 0.05) is 53.7 Å². The van der Waals surface area contributed by atoms with E-state index >= 15 is 0 Å². The van der Waals surface area contributed by atoms with Crippen LogP contribution < -0.4 is 19.6 Å². The van der Waals surface area contributed by atoms with Gasteiger partial charge in [0.1, 0.15) is 47.2 Å². The van der Waals surface area contributed by atoms with E-state index in [0.717, 1.165) is 34.6 Å². The molecule has 1 aliphatic heterocycles. The number of esters is 6. The summed E-state index contributed by atoms with van der Waals surface area (Å²) in [6.45, 7) is 6.33. The lowest BCUT2D eigenvalue weighted by Crippen LogP contribution is -2.63. The van der Waals surface area contributed by atoms with Gasteiger partial charge in [0.2, 0.25) is 17.8 Å². The molecule has 2 heterocycles. The van der Waals surface area contributed by atoms with Crippen molar-refractivity contribution in [2.24, 2.45) is 0 Å². The van der Waals surface area contributed by atoms with Gasteiger partial charge in [-0.1, -0.05) is 12.1 Å². The van der Waals surface area contributed by atoms with Crippen LogP contribution in [0.5, 0.6) is 17.2 Å². The summed E-state index contributed by atoms with van der Waals surface area (Å²) in [5, 5.41) is -0.0820. The molecule has 0 radical (unpaired) electrons. The molecule has 260 valence electrons. The average Bonchev–Trinajstić information content (AvgIpc) is 2.98. The molecule has 1 aromatic heterocycles. The third-order valence-electron chi connectivity index (χ3n) is 6.70. The number of fused-ring (bicyclic) bond motifs is 1. The summed E-state index contributed by atoms with van der Waals surface area (Å²) in [5.41, 5.74) is -0.158. The molecule has 0 saturated carbocycles. The van der Waals surface area contributed by atoms with Crippen LogP contribution >= 0.6 is 0 Å². The fraction of sp³-hybridized carbons (Fsp3) is 0.364. The van der Waals surface area contributed by atoms with Gasteiger partial charge in [-0.3, -0.25) is 33.6 Å². The maximum absolute atomic E-state index is 13.6. The van der Waals surface area contributed by atoms with E-state index in [2.05, 4.69) is 0 Å². The first-order chi connectivity index (χ1) is 23.1. The fourth-order valence-corrected chi connectivity index (χ4v) is 4.98. The zero-order valence-electron chi connectivity index (χ0n) is 27.2. The molecular weight excluding hydrogens is 652 g/mol. The Kier molecular flexibility index (Phi) is 11.4. The van der Waals surface area contributed by atoms with Gasteiger partial charge in [-0.25, -0.2) is 0 Å². The summed E-state index contributed by atoms with van der Waals surface area (Å²) < 4.78 is 49.2. The highest BCUT2D eigenvalue weighted by molar-refractivity contribution is 5.91. The second-order valence-corrected chi connectivity index (χ2v) is 10.7. The lowest BCUT2D eigenvalue weighted by Gasteiger charge is -2.43. The van der Waals surface area contributed by atoms with E-state index in [1.165, 1.54) is 49.6 Å². The third kappa shape index (κ3) is 9.19. The van der Waals surface area contributed by atoms with Gasteiger partial charge < -0.3 is 42.3 Å². The zero-order chi connectivity index (χ0) is 36.0. The largest absolute Gasteiger partial charge is 0.463 e. The first-order valence-corrected chi connectivity index (χ1v) is 14.7. The molecule has 0 N–H and O–H groups in total. The van der Waals surface area contributed by atoms with Crippen LogP contribution in [0.2, 0.25) is 0 Å². The van der Waals surface area contributed by atoms with Crippen LogP contribution in [-0.2, 0) is 52.5 Å². The standard InChI is InChI=1S/C33H32O16/c1-15(34)41-14-27-30(45-18(4)37)31(46-19(5)38)32(47-20(6)39)33(49-27)48-22-9-7-21(8-10-22)24-13-42-25-11-23(43-16(2)35)12-26(44-17(3)36)28(25)29(24)40/h7-13,27,30-33H,14H2,1-6H3/t27-,30-,31+,32-,33-/m0/s1. The van der Waals surface area contributed by atoms with Crippen LogP contribution in [0, 0.1) is 0 Å². The van der Waals surface area contributed by atoms with E-state index in [9.17, 15) is 33.6 Å². The topological polar surface area (TPSA) is 206 Å². The van der Waals surface area contributed by atoms with Crippen molar-refractivity contribution < 1.29 is 71.1 Å². The van der Waals surface area contributed by atoms with Crippen LogP contribution in [0.25, 0.3) is 22.1 Å². The molecule has 0 amide bonds. The molecule has 3 aromatic rings. The van der Waals surface area contributed by atoms with Gasteiger partial charge in [0.15, 0.2) is 12.2 Å². The maximum atomic E-state index is 13.6. The Hall–Kier alpha value is -5.77. The Morgan fingerprint density at radius 1 is 0.673 bits per heavy atom. The highest BCUT2D eigenvalue weighted by Crippen LogP contribution is 2.34. The van der Waals surface area contributed by atoms with Gasteiger partial charge in [0.25, 0.3) is 0 Å². The fourth-order valence-electron chi connectivity index (χ4n) is 4.98. The molecule has 1 fully saturated rings. The van der Waals surface area contributed by atoms with Crippen molar-refractivity contribution in [2.75, 3.05) is 6.61 Å². The van der Waals surface area contributed by atoms with E-state index in [1.807, 2.05) is 0 Å². The van der Waals surface area contributed by atoms with Crippen LogP contribution in [0.1, 0.15) is 41.5 Å². The molecule has 0 spiro atoms. The summed E-state index contributed by atoms with van der Waals surface area (Å²) in [7, 11) is 0. The quantitative estimate of drug-likeness (QED) is 0.171. The summed E-state index contributed by atoms with van der Waals surface area (Å²) in [6, 6.07) is 8.42. The molecule has 0 aliphatic carbocycles. The van der Waals surface area contributed by atoms with Crippen molar-refractivity contribution in [3.05, 3.63) is 52.9 Å². The van der Waals surface area contributed by atoms with Crippen LogP contribution in [0.3, 0.4) is 0 Å². The first-order valence-electron chi connectivity index (χ1n) is 14.7. The minimum absolute atomic E-state index is 0.00384. The summed E-state index contributed by atoms with van der Waals surface area (Å²) in [4.78, 5) is 84.6. The molecule has 1 saturated heterocycles. The van der Waals surface area contributed by atoms with Crippen molar-refractivity contribution in [1.82, 2.24) is 0 Å². The lowest BCUT2D eigenvalue weighted by atomic mass is 9.98. The Labute approximate surface area is 278 Å². The molecule has 0 unspecified atom stereocenters. The molecule has 2 aromatic carbocycles. The number of hydrogen-bond donors (Lipinski definition) is 0. The van der Waals surface area contributed by atoms with Crippen molar-refractivity contribution in [3.8, 4) is 28.4 Å². The molecule has 49 heavy (non-hydrogen) atoms. The average molecular weight is 685 g/mol. The Morgan fingerprint density at radius 2 is 1.27 bits per heavy atom. The molecule has 1 aliphatic rings. The molecule has 5 atom stereocenters. The summed E-state index contributed by atoms with van der Waals surface area (Å²) in [5.74, 6) is -4.48. The van der Waals surface area contributed by atoms with E-state index in [0.29, 0.717) is 5.56 Å². The Balaban J connectivity index is 1.69. The van der Waals surface area contributed by atoms with Crippen LogP contribution in [0.4, 0.5) is 0 Å². The van der Waals surface area contributed by atoms with E-state index in [1.54, 1.807) is 0 Å². The third-order valence-corrected chi connectivity index (χ3v) is 6.70. The highest BCUT2D eigenvalue weighted by atomic mass is 16.7. The zero-order valence-corrected chi connectivity index (χ0v) is 27.2. The number of carbonyl (C=O) groups excluding carboxylic acids is 6. The highest BCUT2D eigenvalue weighted by Gasteiger charge is 2.53. The van der Waals surface area contributed by atoms with Crippen molar-refractivity contribution in [2.45, 2.75) is 72.2 Å². The van der Waals surface area contributed by atoms with Crippen LogP contribution in [-0.4, -0.2) is 73.1 Å². The van der Waals surface area contributed by atoms with Crippen molar-refractivity contribution in [3.63, 3.8) is 0 Å². The summed E-state index contributed by atoms with van der Waals surface area (Å²) >= 11 is 0. The predicted octanol–water partition coefficient (Wildman–Crippen LogP) is 2.77. The number of rotatable bonds is 10. The van der Waals surface area contributed by atoms with Gasteiger partial charge in [0.05, 0.1) is 5.56 Å². The maximum Gasteiger partial charge on any atom is 0.308 e. The van der Waals surface area contributed by atoms with E-state index in [-0.39, 0.29) is 33.8 Å². The monoisotopic (exact) mass is 684 g/mol. The van der Waals surface area contributed by atoms with Crippen molar-refractivity contribution in [1.29, 1.82) is 0 Å². The molecule has 0 bridgehead atoms. The van der Waals surface area contributed by atoms with E-state index < -0.39 is 78.6 Å². The normalized spacial score (nSPS) is 20.0. The number of ether oxygens (including phenoxy) is 8. The van der Waals surface area contributed by atoms with E-state index in [4.69, 9.17) is 42.3 Å². The minimum Gasteiger partial charge on any atom is -0.463 e. The number of hydrogen-bond acceptors (Lipinski definition) is 16. The SMILES string of the molecule is CC(=O)OC[C@@H]1O[C@H](Oc2ccc(-c3coc4cc(OC(C)=O)cc(OC(C)=O)c4c3=O)cc2)[C@@H](OC(C)=O)[C@H](OC(C)=O)[C@H]1OC(C)=O. The Bertz CT molecular complexity index is 1820. The van der Waals surface area contributed by atoms with Gasteiger partial charge in [-0.15, -0.1) is 0 Å². The van der Waals surface area contributed by atoms with Gasteiger partial charge in [-0.2, -0.15) is 0 Å². The van der Waals surface area contributed by atoms with Crippen LogP contribution in [0.15, 0.2) is 51.9 Å². The smallest absolute Gasteiger partial charge is 0.308 e. The second-order valence-electron chi connectivity index (χ2n) is 10.7. The second kappa shape index (κ2) is 15.4. The first kappa shape index (κ1) is 36.1. The number of benzene rings is 2. The summed E-state index contributed by atoms with van der Waals surface area (Å²) in [6.07, 6.45) is -5.77. The van der Waals surface area contributed by atoms with Gasteiger partial charge in [-0.05, 0) is 17.7 Å². The molecule has 16 heteroatoms. The van der Waals surface area contributed by atoms with Crippen molar-refractivity contribution >= 4 is 46.8 Å². The molecule has 4 rings (SSSR count). The lowest BCUT2D eigenvalue weighted by molar-refractivity contribution is -0.288. The number of carbonyl (C=O) groups is 6. The Morgan fingerprint density at radius 3 is 1.84 bits per heavy atom. The molecular formula is C33H32O16. The predicted molar refractivity (Wildman–Crippen MR) is 163 cm³/mol. The van der Waals surface area contributed by atoms with Gasteiger partial charge >= 0.3 is 35.8 Å². The molecule has 16 nitrogen and oxygen atoms in total. The minimum atomic E-state index is -1.48.